The van der Waals surface area contributed by atoms with E-state index in [2.05, 4.69) is 5.32 Å². The van der Waals surface area contributed by atoms with Gasteiger partial charge in [0.05, 0.1) is 11.3 Å². The smallest absolute Gasteiger partial charge is 0.337 e. The van der Waals surface area contributed by atoms with Crippen LogP contribution in [0.15, 0.2) is 60.7 Å². The molecule has 0 radical (unpaired) electrons. The molecule has 4 heteroatoms. The first-order valence-electron chi connectivity index (χ1n) is 6.52. The molecule has 0 aliphatic rings. The molecular weight excluding hydrogens is 264 g/mol. The van der Waals surface area contributed by atoms with Crippen LogP contribution in [0.1, 0.15) is 10.4 Å². The third-order valence-electron chi connectivity index (χ3n) is 3.30. The number of carbonyl (C=O) groups is 1. The number of benzene rings is 3. The second-order valence-electron chi connectivity index (χ2n) is 4.80. The minimum absolute atomic E-state index is 0.192. The molecule has 0 aromatic heterocycles. The van der Waals surface area contributed by atoms with Crippen LogP contribution in [-0.2, 0) is 0 Å². The van der Waals surface area contributed by atoms with Crippen molar-refractivity contribution in [2.75, 3.05) is 11.1 Å². The lowest BCUT2D eigenvalue weighted by Crippen LogP contribution is -2.03. The van der Waals surface area contributed by atoms with E-state index in [1.54, 1.807) is 12.1 Å². The van der Waals surface area contributed by atoms with Crippen LogP contribution in [0.5, 0.6) is 0 Å². The molecule has 104 valence electrons. The largest absolute Gasteiger partial charge is 0.478 e. The van der Waals surface area contributed by atoms with E-state index < -0.39 is 5.97 Å². The third kappa shape index (κ3) is 2.65. The average molecular weight is 278 g/mol. The van der Waals surface area contributed by atoms with E-state index in [1.165, 1.54) is 6.07 Å². The molecule has 0 heterocycles. The molecule has 0 bridgehead atoms. The van der Waals surface area contributed by atoms with Crippen LogP contribution in [0.2, 0.25) is 0 Å². The second kappa shape index (κ2) is 5.17. The van der Waals surface area contributed by atoms with Crippen molar-refractivity contribution in [1.29, 1.82) is 0 Å². The fourth-order valence-corrected chi connectivity index (χ4v) is 2.27. The number of nitrogen functional groups attached to an aromatic ring is 1. The molecule has 4 nitrogen and oxygen atoms in total. The number of hydrogen-bond acceptors (Lipinski definition) is 3. The first-order chi connectivity index (χ1) is 10.1. The van der Waals surface area contributed by atoms with Crippen LogP contribution < -0.4 is 11.1 Å². The number of nitrogens with two attached hydrogens (primary N) is 1. The number of carboxylic acid groups (broad SMARTS) is 1. The summed E-state index contributed by atoms with van der Waals surface area (Å²) in [5.41, 5.74) is 7.75. The minimum Gasteiger partial charge on any atom is -0.478 e. The van der Waals surface area contributed by atoms with Crippen molar-refractivity contribution in [2.24, 2.45) is 0 Å². The highest BCUT2D eigenvalue weighted by atomic mass is 16.4. The van der Waals surface area contributed by atoms with Gasteiger partial charge in [0.1, 0.15) is 0 Å². The number of aromatic carboxylic acids is 1. The summed E-state index contributed by atoms with van der Waals surface area (Å²) in [7, 11) is 0. The van der Waals surface area contributed by atoms with E-state index >= 15 is 0 Å². The molecule has 0 aliphatic heterocycles. The summed E-state index contributed by atoms with van der Waals surface area (Å²) in [5, 5.41) is 14.6. The Morgan fingerprint density at radius 1 is 0.952 bits per heavy atom. The molecule has 21 heavy (non-hydrogen) atoms. The molecule has 3 rings (SSSR count). The van der Waals surface area contributed by atoms with E-state index in [-0.39, 0.29) is 5.56 Å². The molecule has 3 aromatic carbocycles. The van der Waals surface area contributed by atoms with Crippen molar-refractivity contribution < 1.29 is 9.90 Å². The van der Waals surface area contributed by atoms with Crippen molar-refractivity contribution in [1.82, 2.24) is 0 Å². The maximum atomic E-state index is 11.3. The summed E-state index contributed by atoms with van der Waals surface area (Å²) >= 11 is 0. The van der Waals surface area contributed by atoms with Crippen LogP contribution in [0.3, 0.4) is 0 Å². The van der Waals surface area contributed by atoms with Crippen LogP contribution in [-0.4, -0.2) is 11.1 Å². The number of hydrogen-bond donors (Lipinski definition) is 3. The van der Waals surface area contributed by atoms with Crippen LogP contribution in [0.25, 0.3) is 10.8 Å². The quantitative estimate of drug-likeness (QED) is 0.636. The van der Waals surface area contributed by atoms with Gasteiger partial charge in [-0.1, -0.05) is 30.3 Å². The summed E-state index contributed by atoms with van der Waals surface area (Å²) in [6, 6.07) is 18.6. The van der Waals surface area contributed by atoms with Gasteiger partial charge < -0.3 is 16.2 Å². The molecule has 0 saturated carbocycles. The summed E-state index contributed by atoms with van der Waals surface area (Å²) in [6.07, 6.45) is 0. The molecule has 0 amide bonds. The van der Waals surface area contributed by atoms with E-state index in [0.29, 0.717) is 11.4 Å². The Labute approximate surface area is 121 Å². The highest BCUT2D eigenvalue weighted by Crippen LogP contribution is 2.26. The summed E-state index contributed by atoms with van der Waals surface area (Å²) < 4.78 is 0. The number of rotatable bonds is 3. The second-order valence-corrected chi connectivity index (χ2v) is 4.80. The van der Waals surface area contributed by atoms with E-state index in [9.17, 15) is 9.90 Å². The maximum Gasteiger partial charge on any atom is 0.337 e. The Morgan fingerprint density at radius 2 is 1.71 bits per heavy atom. The molecule has 0 saturated heterocycles. The fraction of sp³-hybridized carbons (Fsp3) is 0. The lowest BCUT2D eigenvalue weighted by Gasteiger charge is -2.11. The van der Waals surface area contributed by atoms with Crippen LogP contribution in [0.4, 0.5) is 17.1 Å². The zero-order valence-electron chi connectivity index (χ0n) is 11.2. The topological polar surface area (TPSA) is 75.4 Å². The summed E-state index contributed by atoms with van der Waals surface area (Å²) in [5.74, 6) is -0.988. The Kier molecular flexibility index (Phi) is 3.20. The third-order valence-corrected chi connectivity index (χ3v) is 3.30. The molecule has 4 N–H and O–H groups in total. The molecule has 0 unspecified atom stereocenters. The average Bonchev–Trinajstić information content (AvgIpc) is 2.47. The van der Waals surface area contributed by atoms with Crippen molar-refractivity contribution in [3.63, 3.8) is 0 Å². The van der Waals surface area contributed by atoms with Crippen molar-refractivity contribution in [3.8, 4) is 0 Å². The molecular formula is C17H14N2O2. The van der Waals surface area contributed by atoms with Gasteiger partial charge in [0.15, 0.2) is 0 Å². The zero-order chi connectivity index (χ0) is 14.8. The number of nitrogens with one attached hydrogen (secondary N) is 1. The lowest BCUT2D eigenvalue weighted by molar-refractivity contribution is 0.0698. The van der Waals surface area contributed by atoms with Gasteiger partial charge in [-0.05, 0) is 41.1 Å². The zero-order valence-corrected chi connectivity index (χ0v) is 11.2. The Hall–Kier alpha value is -3.01. The molecule has 0 atom stereocenters. The van der Waals surface area contributed by atoms with Gasteiger partial charge in [0.2, 0.25) is 0 Å². The summed E-state index contributed by atoms with van der Waals surface area (Å²) in [6.45, 7) is 0. The monoisotopic (exact) mass is 278 g/mol. The highest BCUT2D eigenvalue weighted by Gasteiger charge is 2.10. The normalized spacial score (nSPS) is 10.5. The van der Waals surface area contributed by atoms with Crippen molar-refractivity contribution >= 4 is 33.8 Å². The van der Waals surface area contributed by atoms with Crippen LogP contribution >= 0.6 is 0 Å². The first-order valence-corrected chi connectivity index (χ1v) is 6.52. The van der Waals surface area contributed by atoms with Crippen molar-refractivity contribution in [2.45, 2.75) is 0 Å². The van der Waals surface area contributed by atoms with E-state index in [1.807, 2.05) is 42.5 Å². The van der Waals surface area contributed by atoms with E-state index in [4.69, 9.17) is 5.73 Å². The lowest BCUT2D eigenvalue weighted by atomic mass is 10.1. The fourth-order valence-electron chi connectivity index (χ4n) is 2.27. The molecule has 0 spiro atoms. The minimum atomic E-state index is -0.988. The molecule has 0 aliphatic carbocycles. The SMILES string of the molecule is Nc1ccc(C(=O)O)c(Nc2ccc3ccccc3c2)c1. The number of carboxylic acids is 1. The standard InChI is InChI=1S/C17H14N2O2/c18-13-6-8-15(17(20)21)16(10-13)19-14-7-5-11-3-1-2-4-12(11)9-14/h1-10,19H,18H2,(H,20,21). The van der Waals surface area contributed by atoms with E-state index in [0.717, 1.165) is 16.5 Å². The van der Waals surface area contributed by atoms with Crippen molar-refractivity contribution in [3.05, 3.63) is 66.2 Å². The maximum absolute atomic E-state index is 11.3. The predicted molar refractivity (Wildman–Crippen MR) is 85.0 cm³/mol. The first kappa shape index (κ1) is 13.0. The van der Waals surface area contributed by atoms with Gasteiger partial charge in [-0.15, -0.1) is 0 Å². The number of anilines is 3. The van der Waals surface area contributed by atoms with Gasteiger partial charge in [-0.2, -0.15) is 0 Å². The van der Waals surface area contributed by atoms with Gasteiger partial charge >= 0.3 is 5.97 Å². The molecule has 0 fully saturated rings. The van der Waals surface area contributed by atoms with Gasteiger partial charge in [0, 0.05) is 11.4 Å². The van der Waals surface area contributed by atoms with Gasteiger partial charge in [-0.3, -0.25) is 0 Å². The van der Waals surface area contributed by atoms with Gasteiger partial charge in [-0.25, -0.2) is 4.79 Å². The molecule has 3 aromatic rings. The summed E-state index contributed by atoms with van der Waals surface area (Å²) in [4.78, 5) is 11.3. The highest BCUT2D eigenvalue weighted by molar-refractivity contribution is 5.96. The van der Waals surface area contributed by atoms with Crippen LogP contribution in [0, 0.1) is 0 Å². The Morgan fingerprint density at radius 3 is 2.48 bits per heavy atom. The Bertz CT molecular complexity index is 828. The predicted octanol–water partition coefficient (Wildman–Crippen LogP) is 3.86. The Balaban J connectivity index is 2.02. The van der Waals surface area contributed by atoms with Gasteiger partial charge in [0.25, 0.3) is 0 Å². The number of fused-ring (bicyclic) bond motifs is 1.